The Morgan fingerprint density at radius 1 is 1.08 bits per heavy atom. The Morgan fingerprint density at radius 2 is 1.78 bits per heavy atom. The van der Waals surface area contributed by atoms with Gasteiger partial charge in [0.1, 0.15) is 17.3 Å². The normalized spacial score (nSPS) is 16.8. The summed E-state index contributed by atoms with van der Waals surface area (Å²) in [6.45, 7) is 1.96. The van der Waals surface area contributed by atoms with Crippen molar-refractivity contribution in [3.8, 4) is 5.75 Å². The summed E-state index contributed by atoms with van der Waals surface area (Å²) in [5, 5.41) is 11.2. The van der Waals surface area contributed by atoms with Gasteiger partial charge in [0.05, 0.1) is 36.5 Å². The van der Waals surface area contributed by atoms with Crippen molar-refractivity contribution in [2.75, 3.05) is 13.7 Å². The van der Waals surface area contributed by atoms with E-state index in [1.807, 2.05) is 0 Å². The molecule has 0 bridgehead atoms. The number of aliphatic hydroxyl groups is 1. The molecule has 1 aromatic heterocycles. The van der Waals surface area contributed by atoms with Gasteiger partial charge in [-0.3, -0.25) is 14.6 Å². The van der Waals surface area contributed by atoms with Crippen molar-refractivity contribution in [1.29, 1.82) is 0 Å². The highest BCUT2D eigenvalue weighted by Gasteiger charge is 2.46. The molecule has 1 aliphatic heterocycles. The molecule has 184 valence electrons. The molecule has 2 aromatic carbocycles. The van der Waals surface area contributed by atoms with Crippen LogP contribution < -0.4 is 4.74 Å². The Labute approximate surface area is 206 Å². The molecule has 0 aliphatic carbocycles. The minimum absolute atomic E-state index is 0.0116. The third-order valence-corrected chi connectivity index (χ3v) is 5.80. The molecule has 1 fully saturated rings. The zero-order chi connectivity index (χ0) is 25.8. The molecule has 1 atom stereocenters. The van der Waals surface area contributed by atoms with Gasteiger partial charge in [0.15, 0.2) is 0 Å². The van der Waals surface area contributed by atoms with Crippen LogP contribution in [-0.2, 0) is 20.9 Å². The van der Waals surface area contributed by atoms with Crippen molar-refractivity contribution in [3.63, 3.8) is 0 Å². The summed E-state index contributed by atoms with van der Waals surface area (Å²) in [7, 11) is 1.35. The highest BCUT2D eigenvalue weighted by molar-refractivity contribution is 6.46. The van der Waals surface area contributed by atoms with Crippen molar-refractivity contribution in [1.82, 2.24) is 9.88 Å². The van der Waals surface area contributed by atoms with Crippen LogP contribution in [0.2, 0.25) is 0 Å². The zero-order valence-electron chi connectivity index (χ0n) is 19.6. The van der Waals surface area contributed by atoms with Gasteiger partial charge in [0, 0.05) is 18.9 Å². The number of likely N-dealkylation sites (tertiary alicyclic amines) is 1. The van der Waals surface area contributed by atoms with Gasteiger partial charge in [0.2, 0.25) is 0 Å². The van der Waals surface area contributed by atoms with Crippen LogP contribution >= 0.6 is 0 Å². The fourth-order valence-corrected chi connectivity index (χ4v) is 4.10. The predicted octanol–water partition coefficient (Wildman–Crippen LogP) is 4.03. The zero-order valence-corrected chi connectivity index (χ0v) is 19.6. The number of ether oxygens (including phenoxy) is 2. The van der Waals surface area contributed by atoms with E-state index in [4.69, 9.17) is 9.47 Å². The molecule has 0 radical (unpaired) electrons. The summed E-state index contributed by atoms with van der Waals surface area (Å²) in [5.74, 6) is -3.26. The summed E-state index contributed by atoms with van der Waals surface area (Å²) in [5.41, 5.74) is 1.29. The van der Waals surface area contributed by atoms with Gasteiger partial charge >= 0.3 is 5.97 Å². The molecule has 4 rings (SSSR count). The molecule has 1 amide bonds. The lowest BCUT2D eigenvalue weighted by Crippen LogP contribution is -2.29. The number of methoxy groups -OCH3 is 1. The minimum Gasteiger partial charge on any atom is -0.507 e. The number of ketones is 1. The van der Waals surface area contributed by atoms with Crippen LogP contribution in [0.5, 0.6) is 5.75 Å². The highest BCUT2D eigenvalue weighted by Crippen LogP contribution is 2.41. The number of hydrogen-bond acceptors (Lipinski definition) is 7. The molecule has 9 heteroatoms. The number of rotatable bonds is 7. The molecule has 2 heterocycles. The van der Waals surface area contributed by atoms with E-state index in [0.717, 1.165) is 12.1 Å². The van der Waals surface area contributed by atoms with Gasteiger partial charge in [-0.05, 0) is 60.5 Å². The number of amides is 1. The van der Waals surface area contributed by atoms with Crippen LogP contribution in [0.1, 0.15) is 40.0 Å². The Morgan fingerprint density at radius 3 is 2.42 bits per heavy atom. The van der Waals surface area contributed by atoms with Gasteiger partial charge in [0.25, 0.3) is 11.7 Å². The maximum Gasteiger partial charge on any atom is 0.338 e. The molecule has 0 saturated carbocycles. The van der Waals surface area contributed by atoms with E-state index in [2.05, 4.69) is 4.98 Å². The second-order valence-corrected chi connectivity index (χ2v) is 7.97. The molecule has 1 saturated heterocycles. The van der Waals surface area contributed by atoms with Crippen LogP contribution in [0, 0.1) is 5.82 Å². The van der Waals surface area contributed by atoms with Crippen molar-refractivity contribution in [3.05, 3.63) is 101 Å². The Balaban J connectivity index is 1.79. The summed E-state index contributed by atoms with van der Waals surface area (Å²) < 4.78 is 24.3. The largest absolute Gasteiger partial charge is 0.507 e. The molecular formula is C27H23FN2O6. The lowest BCUT2D eigenvalue weighted by atomic mass is 9.95. The van der Waals surface area contributed by atoms with E-state index in [9.17, 15) is 23.9 Å². The number of carbonyl (C=O) groups is 3. The standard InChI is InChI=1S/C27H23FN2O6/c1-3-36-27(34)18-6-4-16(5-7-18)15-30-23(17-10-12-29-13-11-17)22(25(32)26(30)33)24(31)20-14-19(28)8-9-21(20)35-2/h4-14,23,31H,3,15H2,1-2H3/b24-22+. The van der Waals surface area contributed by atoms with Gasteiger partial charge < -0.3 is 19.5 Å². The first kappa shape index (κ1) is 24.6. The van der Waals surface area contributed by atoms with Crippen LogP contribution in [0.15, 0.2) is 72.6 Å². The van der Waals surface area contributed by atoms with E-state index in [-0.39, 0.29) is 30.0 Å². The molecule has 1 unspecified atom stereocenters. The maximum atomic E-state index is 14.0. The lowest BCUT2D eigenvalue weighted by Gasteiger charge is -2.25. The van der Waals surface area contributed by atoms with E-state index in [1.54, 1.807) is 43.3 Å². The van der Waals surface area contributed by atoms with Crippen LogP contribution in [0.3, 0.4) is 0 Å². The number of esters is 1. The number of aromatic nitrogens is 1. The van der Waals surface area contributed by atoms with Gasteiger partial charge in [-0.15, -0.1) is 0 Å². The van der Waals surface area contributed by atoms with Gasteiger partial charge in [-0.25, -0.2) is 9.18 Å². The third kappa shape index (κ3) is 4.68. The SMILES string of the molecule is CCOC(=O)c1ccc(CN2C(=O)C(=O)/C(=C(/O)c3cc(F)ccc3OC)C2c2ccncc2)cc1. The Kier molecular flexibility index (Phi) is 7.10. The average Bonchev–Trinajstić information content (AvgIpc) is 3.14. The number of carbonyl (C=O) groups excluding carboxylic acids is 3. The quantitative estimate of drug-likeness (QED) is 0.231. The smallest absolute Gasteiger partial charge is 0.338 e. The second kappa shape index (κ2) is 10.4. The number of nitrogens with zero attached hydrogens (tertiary/aromatic N) is 2. The monoisotopic (exact) mass is 490 g/mol. The number of hydrogen-bond donors (Lipinski definition) is 1. The summed E-state index contributed by atoms with van der Waals surface area (Å²) >= 11 is 0. The second-order valence-electron chi connectivity index (χ2n) is 7.97. The third-order valence-electron chi connectivity index (χ3n) is 5.80. The number of pyridine rings is 1. The van der Waals surface area contributed by atoms with Crippen molar-refractivity contribution in [2.24, 2.45) is 0 Å². The van der Waals surface area contributed by atoms with E-state index in [0.29, 0.717) is 16.7 Å². The first-order valence-electron chi connectivity index (χ1n) is 11.1. The predicted molar refractivity (Wildman–Crippen MR) is 127 cm³/mol. The van der Waals surface area contributed by atoms with Gasteiger partial charge in [-0.1, -0.05) is 12.1 Å². The highest BCUT2D eigenvalue weighted by atomic mass is 19.1. The van der Waals surface area contributed by atoms with Crippen LogP contribution in [-0.4, -0.2) is 46.4 Å². The fraction of sp³-hybridized carbons (Fsp3) is 0.185. The number of benzene rings is 2. The molecule has 36 heavy (non-hydrogen) atoms. The molecule has 1 N–H and O–H groups in total. The summed E-state index contributed by atoms with van der Waals surface area (Å²) in [6.07, 6.45) is 3.01. The summed E-state index contributed by atoms with van der Waals surface area (Å²) in [4.78, 5) is 43.6. The van der Waals surface area contributed by atoms with Crippen molar-refractivity contribution in [2.45, 2.75) is 19.5 Å². The van der Waals surface area contributed by atoms with Gasteiger partial charge in [-0.2, -0.15) is 0 Å². The van der Waals surface area contributed by atoms with Crippen LogP contribution in [0.4, 0.5) is 4.39 Å². The lowest BCUT2D eigenvalue weighted by molar-refractivity contribution is -0.140. The van der Waals surface area contributed by atoms with E-state index < -0.39 is 35.3 Å². The molecular weight excluding hydrogens is 467 g/mol. The molecule has 1 aliphatic rings. The minimum atomic E-state index is -0.967. The topological polar surface area (TPSA) is 106 Å². The first-order valence-corrected chi connectivity index (χ1v) is 11.1. The molecule has 3 aromatic rings. The first-order chi connectivity index (χ1) is 17.3. The Bertz CT molecular complexity index is 1340. The number of halogens is 1. The number of aliphatic hydroxyl groups excluding tert-OH is 1. The molecule has 8 nitrogen and oxygen atoms in total. The van der Waals surface area contributed by atoms with E-state index in [1.165, 1.54) is 30.5 Å². The maximum absolute atomic E-state index is 14.0. The van der Waals surface area contributed by atoms with E-state index >= 15 is 0 Å². The fourth-order valence-electron chi connectivity index (χ4n) is 4.10. The van der Waals surface area contributed by atoms with Crippen LogP contribution in [0.25, 0.3) is 5.76 Å². The van der Waals surface area contributed by atoms with Crippen molar-refractivity contribution >= 4 is 23.4 Å². The number of Topliss-reactive ketones (excluding diaryl/α,β-unsaturated/α-hetero) is 1. The molecule has 0 spiro atoms. The Hall–Kier alpha value is -4.53. The van der Waals surface area contributed by atoms with Crippen molar-refractivity contribution < 1.29 is 33.4 Å². The summed E-state index contributed by atoms with van der Waals surface area (Å²) in [6, 6.07) is 12.3. The average molecular weight is 490 g/mol.